The molecule has 10 nitrogen and oxygen atoms in total. The van der Waals surface area contributed by atoms with Crippen molar-refractivity contribution in [1.82, 2.24) is 24.2 Å². The fourth-order valence-corrected chi connectivity index (χ4v) is 4.26. The van der Waals surface area contributed by atoms with Gasteiger partial charge < -0.3 is 4.52 Å². The Balaban J connectivity index is 1.85. The summed E-state index contributed by atoms with van der Waals surface area (Å²) in [5, 5.41) is 7.95. The standard InChI is InChI=1S/C16H24N6O4S/c1-4-6-14-18-13(19-26-14)11-22(27(3,24)25)12-7-5-10-21(16(12)23)15-8-9-17-20(15)2/h8-9,12H,4-7,10-11H2,1-3H3/t12-/m0/s1. The lowest BCUT2D eigenvalue weighted by molar-refractivity contribution is -0.123. The smallest absolute Gasteiger partial charge is 0.246 e. The number of aromatic nitrogens is 4. The van der Waals surface area contributed by atoms with Crippen molar-refractivity contribution in [3.8, 4) is 0 Å². The Hall–Kier alpha value is -2.27. The van der Waals surface area contributed by atoms with Crippen molar-refractivity contribution in [2.75, 3.05) is 17.7 Å². The molecule has 0 bridgehead atoms. The van der Waals surface area contributed by atoms with Crippen LogP contribution in [0.3, 0.4) is 0 Å². The number of rotatable bonds is 7. The van der Waals surface area contributed by atoms with Gasteiger partial charge in [0.1, 0.15) is 11.9 Å². The van der Waals surface area contributed by atoms with Gasteiger partial charge in [0.2, 0.25) is 21.8 Å². The zero-order valence-electron chi connectivity index (χ0n) is 15.7. The molecule has 3 heterocycles. The Morgan fingerprint density at radius 2 is 2.19 bits per heavy atom. The maximum atomic E-state index is 13.1. The summed E-state index contributed by atoms with van der Waals surface area (Å²) >= 11 is 0. The predicted octanol–water partition coefficient (Wildman–Crippen LogP) is 0.713. The zero-order valence-corrected chi connectivity index (χ0v) is 16.5. The molecule has 2 aromatic heterocycles. The molecule has 0 aliphatic carbocycles. The Kier molecular flexibility index (Phi) is 5.61. The van der Waals surface area contributed by atoms with Gasteiger partial charge in [0.05, 0.1) is 19.0 Å². The summed E-state index contributed by atoms with van der Waals surface area (Å²) < 4.78 is 32.8. The van der Waals surface area contributed by atoms with Crippen molar-refractivity contribution in [2.24, 2.45) is 7.05 Å². The highest BCUT2D eigenvalue weighted by molar-refractivity contribution is 7.88. The van der Waals surface area contributed by atoms with E-state index in [-0.39, 0.29) is 18.3 Å². The van der Waals surface area contributed by atoms with Gasteiger partial charge in [-0.3, -0.25) is 14.4 Å². The van der Waals surface area contributed by atoms with E-state index in [0.29, 0.717) is 37.5 Å². The first kappa shape index (κ1) is 19.5. The van der Waals surface area contributed by atoms with Crippen molar-refractivity contribution in [1.29, 1.82) is 0 Å². The topological polar surface area (TPSA) is 114 Å². The van der Waals surface area contributed by atoms with E-state index in [4.69, 9.17) is 4.52 Å². The molecule has 2 aromatic rings. The molecule has 0 spiro atoms. The third kappa shape index (κ3) is 4.19. The number of anilines is 1. The van der Waals surface area contributed by atoms with Crippen LogP contribution in [-0.4, -0.2) is 57.4 Å². The van der Waals surface area contributed by atoms with Crippen LogP contribution in [0, 0.1) is 0 Å². The molecular formula is C16H24N6O4S. The number of carbonyl (C=O) groups is 1. The van der Waals surface area contributed by atoms with Gasteiger partial charge >= 0.3 is 0 Å². The first-order valence-electron chi connectivity index (χ1n) is 8.89. The second-order valence-electron chi connectivity index (χ2n) is 6.62. The highest BCUT2D eigenvalue weighted by Gasteiger charge is 2.39. The minimum atomic E-state index is -3.66. The summed E-state index contributed by atoms with van der Waals surface area (Å²) in [6.07, 6.45) is 5.30. The van der Waals surface area contributed by atoms with Crippen molar-refractivity contribution in [3.63, 3.8) is 0 Å². The minimum Gasteiger partial charge on any atom is -0.339 e. The van der Waals surface area contributed by atoms with Crippen LogP contribution in [0.2, 0.25) is 0 Å². The van der Waals surface area contributed by atoms with Crippen molar-refractivity contribution < 1.29 is 17.7 Å². The Labute approximate surface area is 158 Å². The molecule has 1 aliphatic rings. The van der Waals surface area contributed by atoms with E-state index >= 15 is 0 Å². The number of aryl methyl sites for hydroxylation is 2. The summed E-state index contributed by atoms with van der Waals surface area (Å²) in [7, 11) is -1.91. The van der Waals surface area contributed by atoms with Gasteiger partial charge in [-0.2, -0.15) is 14.4 Å². The van der Waals surface area contributed by atoms with E-state index in [9.17, 15) is 13.2 Å². The van der Waals surface area contributed by atoms with Crippen LogP contribution in [0.4, 0.5) is 5.82 Å². The normalized spacial score (nSPS) is 18.4. The molecule has 0 unspecified atom stereocenters. The predicted molar refractivity (Wildman–Crippen MR) is 97.3 cm³/mol. The summed E-state index contributed by atoms with van der Waals surface area (Å²) in [6, 6.07) is 0.929. The first-order valence-corrected chi connectivity index (χ1v) is 10.7. The van der Waals surface area contributed by atoms with Crippen LogP contribution in [0.5, 0.6) is 0 Å². The molecule has 3 rings (SSSR count). The third-order valence-electron chi connectivity index (χ3n) is 4.53. The molecule has 1 amide bonds. The van der Waals surface area contributed by atoms with Gasteiger partial charge in [0.15, 0.2) is 5.82 Å². The third-order valence-corrected chi connectivity index (χ3v) is 5.76. The Bertz CT molecular complexity index is 906. The molecular weight excluding hydrogens is 372 g/mol. The lowest BCUT2D eigenvalue weighted by atomic mass is 10.0. The second-order valence-corrected chi connectivity index (χ2v) is 8.56. The van der Waals surface area contributed by atoms with Gasteiger partial charge in [-0.15, -0.1) is 0 Å². The lowest BCUT2D eigenvalue weighted by Gasteiger charge is -2.36. The first-order chi connectivity index (χ1) is 12.8. The minimum absolute atomic E-state index is 0.0956. The van der Waals surface area contributed by atoms with Crippen molar-refractivity contribution in [3.05, 3.63) is 24.0 Å². The summed E-state index contributed by atoms with van der Waals surface area (Å²) in [5.41, 5.74) is 0. The number of piperidine rings is 1. The van der Waals surface area contributed by atoms with E-state index in [1.165, 1.54) is 4.31 Å². The molecule has 1 atom stereocenters. The molecule has 148 valence electrons. The van der Waals surface area contributed by atoms with E-state index in [1.54, 1.807) is 28.9 Å². The number of hydrogen-bond donors (Lipinski definition) is 0. The Morgan fingerprint density at radius 3 is 2.81 bits per heavy atom. The molecule has 1 saturated heterocycles. The van der Waals surface area contributed by atoms with Gasteiger partial charge in [-0.25, -0.2) is 8.42 Å². The van der Waals surface area contributed by atoms with Crippen molar-refractivity contribution >= 4 is 21.7 Å². The fourth-order valence-electron chi connectivity index (χ4n) is 3.25. The number of carbonyl (C=O) groups excluding carboxylic acids is 1. The highest BCUT2D eigenvalue weighted by Crippen LogP contribution is 2.25. The molecule has 27 heavy (non-hydrogen) atoms. The van der Waals surface area contributed by atoms with Crippen molar-refractivity contribution in [2.45, 2.75) is 45.2 Å². The number of amides is 1. The summed E-state index contributed by atoms with van der Waals surface area (Å²) in [5.74, 6) is 1.09. The molecule has 0 aromatic carbocycles. The van der Waals surface area contributed by atoms with Crippen LogP contribution in [0.25, 0.3) is 0 Å². The van der Waals surface area contributed by atoms with Crippen LogP contribution in [0.1, 0.15) is 37.9 Å². The maximum Gasteiger partial charge on any atom is 0.246 e. The van der Waals surface area contributed by atoms with Gasteiger partial charge in [0.25, 0.3) is 0 Å². The molecule has 0 saturated carbocycles. The average molecular weight is 396 g/mol. The van der Waals surface area contributed by atoms with Gasteiger partial charge in [-0.1, -0.05) is 12.1 Å². The fraction of sp³-hybridized carbons (Fsp3) is 0.625. The van der Waals surface area contributed by atoms with Crippen LogP contribution < -0.4 is 4.90 Å². The molecule has 11 heteroatoms. The zero-order chi connectivity index (χ0) is 19.6. The maximum absolute atomic E-state index is 13.1. The number of nitrogens with zero attached hydrogens (tertiary/aromatic N) is 6. The average Bonchev–Trinajstić information content (AvgIpc) is 3.22. The van der Waals surface area contributed by atoms with Gasteiger partial charge in [-0.05, 0) is 19.3 Å². The monoisotopic (exact) mass is 396 g/mol. The molecule has 1 fully saturated rings. The van der Waals surface area contributed by atoms with E-state index < -0.39 is 16.1 Å². The Morgan fingerprint density at radius 1 is 1.41 bits per heavy atom. The summed E-state index contributed by atoms with van der Waals surface area (Å²) in [4.78, 5) is 18.9. The van der Waals surface area contributed by atoms with Crippen LogP contribution in [0.15, 0.2) is 16.8 Å². The van der Waals surface area contributed by atoms with E-state index in [2.05, 4.69) is 15.2 Å². The van der Waals surface area contributed by atoms with E-state index in [0.717, 1.165) is 12.7 Å². The SMILES string of the molecule is CCCc1nc(CN([C@H]2CCCN(c3ccnn3C)C2=O)S(C)(=O)=O)no1. The largest absolute Gasteiger partial charge is 0.339 e. The number of hydrogen-bond acceptors (Lipinski definition) is 7. The number of sulfonamides is 1. The quantitative estimate of drug-likeness (QED) is 0.677. The molecule has 0 radical (unpaired) electrons. The second kappa shape index (κ2) is 7.77. The van der Waals surface area contributed by atoms with E-state index in [1.807, 2.05) is 6.92 Å². The van der Waals surface area contributed by atoms with Crippen LogP contribution in [-0.2, 0) is 34.8 Å². The van der Waals surface area contributed by atoms with Crippen LogP contribution >= 0.6 is 0 Å². The highest BCUT2D eigenvalue weighted by atomic mass is 32.2. The summed E-state index contributed by atoms with van der Waals surface area (Å²) in [6.45, 7) is 2.41. The lowest BCUT2D eigenvalue weighted by Crippen LogP contribution is -2.54. The van der Waals surface area contributed by atoms with Gasteiger partial charge in [0, 0.05) is 26.1 Å². The molecule has 1 aliphatic heterocycles. The molecule has 0 N–H and O–H groups in total.